The van der Waals surface area contributed by atoms with Gasteiger partial charge in [-0.2, -0.15) is 0 Å². The fourth-order valence-corrected chi connectivity index (χ4v) is 1.99. The van der Waals surface area contributed by atoms with Crippen molar-refractivity contribution in [3.8, 4) is 0 Å². The molecule has 6 heteroatoms. The standard InChI is InChI=1S/C11H15ClN5/c1-15(2)11(16(3)4)17-10-6-5-8(12)7-9(10)13-14-17/h5-7H,1-4H3/q+1. The number of hydrogen-bond acceptors (Lipinski definition) is 2. The Balaban J connectivity index is 2.68. The number of nitrogens with zero attached hydrogens (tertiary/aromatic N) is 5. The summed E-state index contributed by atoms with van der Waals surface area (Å²) in [5, 5.41) is 8.95. The van der Waals surface area contributed by atoms with Gasteiger partial charge in [0.2, 0.25) is 0 Å². The van der Waals surface area contributed by atoms with E-state index in [1.807, 2.05) is 55.9 Å². The van der Waals surface area contributed by atoms with Crippen molar-refractivity contribution in [2.45, 2.75) is 0 Å². The van der Waals surface area contributed by atoms with Crippen molar-refractivity contribution in [2.75, 3.05) is 28.2 Å². The first-order chi connectivity index (χ1) is 8.00. The summed E-state index contributed by atoms with van der Waals surface area (Å²) in [6, 6.07) is 5.57. The van der Waals surface area contributed by atoms with Gasteiger partial charge in [-0.15, -0.1) is 5.10 Å². The Morgan fingerprint density at radius 2 is 2.06 bits per heavy atom. The van der Waals surface area contributed by atoms with Crippen LogP contribution in [0.15, 0.2) is 18.2 Å². The average molecular weight is 253 g/mol. The lowest BCUT2D eigenvalue weighted by Gasteiger charge is -2.10. The van der Waals surface area contributed by atoms with Crippen molar-refractivity contribution in [3.63, 3.8) is 0 Å². The molecule has 5 nitrogen and oxygen atoms in total. The van der Waals surface area contributed by atoms with Gasteiger partial charge in [0, 0.05) is 10.2 Å². The first-order valence-corrected chi connectivity index (χ1v) is 5.61. The van der Waals surface area contributed by atoms with Crippen molar-refractivity contribution in [2.24, 2.45) is 0 Å². The quantitative estimate of drug-likeness (QED) is 0.401. The van der Waals surface area contributed by atoms with Gasteiger partial charge < -0.3 is 0 Å². The third kappa shape index (κ3) is 2.10. The van der Waals surface area contributed by atoms with E-state index in [-0.39, 0.29) is 0 Å². The Kier molecular flexibility index (Phi) is 3.02. The molecule has 0 fully saturated rings. The molecule has 0 N–H and O–H groups in total. The first kappa shape index (κ1) is 11.9. The molecular weight excluding hydrogens is 238 g/mol. The number of aromatic nitrogens is 3. The predicted octanol–water partition coefficient (Wildman–Crippen LogP) is 1.12. The van der Waals surface area contributed by atoms with Crippen LogP contribution in [0.25, 0.3) is 11.0 Å². The lowest BCUT2D eigenvalue weighted by Crippen LogP contribution is -2.36. The summed E-state index contributed by atoms with van der Waals surface area (Å²) in [6.07, 6.45) is 0. The van der Waals surface area contributed by atoms with Crippen LogP contribution in [0.4, 0.5) is 0 Å². The Bertz CT molecular complexity index is 581. The lowest BCUT2D eigenvalue weighted by atomic mass is 10.3. The SMILES string of the molecule is CN(C)C(n1nnc2cc(Cl)ccc21)=[N+](C)C. The van der Waals surface area contributed by atoms with Crippen molar-refractivity contribution in [1.82, 2.24) is 19.9 Å². The maximum absolute atomic E-state index is 5.93. The molecule has 0 unspecified atom stereocenters. The molecule has 0 amide bonds. The molecule has 90 valence electrons. The first-order valence-electron chi connectivity index (χ1n) is 5.23. The molecule has 1 heterocycles. The van der Waals surface area contributed by atoms with E-state index < -0.39 is 0 Å². The number of halogens is 1. The van der Waals surface area contributed by atoms with Crippen LogP contribution in [-0.2, 0) is 0 Å². The fourth-order valence-electron chi connectivity index (χ4n) is 1.82. The summed E-state index contributed by atoms with van der Waals surface area (Å²) >= 11 is 5.93. The molecule has 0 saturated heterocycles. The number of rotatable bonds is 0. The molecule has 17 heavy (non-hydrogen) atoms. The van der Waals surface area contributed by atoms with Gasteiger partial charge in [-0.05, 0) is 18.2 Å². The Hall–Kier alpha value is -1.62. The molecule has 0 radical (unpaired) electrons. The van der Waals surface area contributed by atoms with Crippen LogP contribution in [-0.4, -0.2) is 58.6 Å². The maximum Gasteiger partial charge on any atom is 0.380 e. The Labute approximate surface area is 105 Å². The Morgan fingerprint density at radius 1 is 1.35 bits per heavy atom. The van der Waals surface area contributed by atoms with Gasteiger partial charge in [0.15, 0.2) is 5.52 Å². The molecule has 0 aliphatic heterocycles. The van der Waals surface area contributed by atoms with Gasteiger partial charge in [-0.25, -0.2) is 0 Å². The van der Waals surface area contributed by atoms with E-state index in [0.717, 1.165) is 17.0 Å². The van der Waals surface area contributed by atoms with Crippen molar-refractivity contribution in [1.29, 1.82) is 0 Å². The van der Waals surface area contributed by atoms with Crippen LogP contribution >= 0.6 is 11.6 Å². The minimum absolute atomic E-state index is 0.667. The topological polar surface area (TPSA) is 37.0 Å². The van der Waals surface area contributed by atoms with Gasteiger partial charge in [-0.1, -0.05) is 16.3 Å². The Morgan fingerprint density at radius 3 is 2.65 bits per heavy atom. The summed E-state index contributed by atoms with van der Waals surface area (Å²) in [7, 11) is 7.88. The van der Waals surface area contributed by atoms with Crippen LogP contribution in [0.1, 0.15) is 0 Å². The second kappa shape index (κ2) is 4.33. The summed E-state index contributed by atoms with van der Waals surface area (Å²) in [6.45, 7) is 0. The average Bonchev–Trinajstić information content (AvgIpc) is 2.60. The molecule has 0 spiro atoms. The largest absolute Gasteiger partial charge is 0.380 e. The lowest BCUT2D eigenvalue weighted by molar-refractivity contribution is -0.472. The van der Waals surface area contributed by atoms with Crippen LogP contribution in [0.2, 0.25) is 5.02 Å². The van der Waals surface area contributed by atoms with Crippen LogP contribution < -0.4 is 0 Å². The van der Waals surface area contributed by atoms with Crippen molar-refractivity contribution in [3.05, 3.63) is 23.2 Å². The monoisotopic (exact) mass is 252 g/mol. The van der Waals surface area contributed by atoms with Crippen LogP contribution in [0.5, 0.6) is 0 Å². The van der Waals surface area contributed by atoms with E-state index in [0.29, 0.717) is 5.02 Å². The molecular formula is C11H15ClN5+. The molecule has 1 aromatic heterocycles. The van der Waals surface area contributed by atoms with Gasteiger partial charge in [-0.3, -0.25) is 9.48 Å². The van der Waals surface area contributed by atoms with E-state index in [1.54, 1.807) is 4.68 Å². The highest BCUT2D eigenvalue weighted by Gasteiger charge is 2.20. The highest BCUT2D eigenvalue weighted by atomic mass is 35.5. The zero-order chi connectivity index (χ0) is 12.6. The molecule has 0 aliphatic carbocycles. The number of benzene rings is 1. The molecule has 0 atom stereocenters. The van der Waals surface area contributed by atoms with Crippen molar-refractivity contribution < 1.29 is 4.58 Å². The highest BCUT2D eigenvalue weighted by molar-refractivity contribution is 6.31. The molecule has 0 bridgehead atoms. The van der Waals surface area contributed by atoms with Crippen LogP contribution in [0, 0.1) is 0 Å². The summed E-state index contributed by atoms with van der Waals surface area (Å²) in [5.74, 6) is 0.940. The fraction of sp³-hybridized carbons (Fsp3) is 0.364. The van der Waals surface area contributed by atoms with E-state index in [2.05, 4.69) is 10.3 Å². The minimum Gasteiger partial charge on any atom is -0.268 e. The second-order valence-electron chi connectivity index (χ2n) is 4.22. The summed E-state index contributed by atoms with van der Waals surface area (Å²) in [4.78, 5) is 1.99. The molecule has 2 aromatic rings. The van der Waals surface area contributed by atoms with Crippen molar-refractivity contribution >= 4 is 28.6 Å². The summed E-state index contributed by atoms with van der Waals surface area (Å²) in [5.41, 5.74) is 1.73. The van der Waals surface area contributed by atoms with Crippen LogP contribution in [0.3, 0.4) is 0 Å². The smallest absolute Gasteiger partial charge is 0.268 e. The molecule has 2 rings (SSSR count). The molecule has 1 aromatic carbocycles. The van der Waals surface area contributed by atoms with E-state index in [9.17, 15) is 0 Å². The number of hydrogen-bond donors (Lipinski definition) is 0. The molecule has 0 saturated carbocycles. The van der Waals surface area contributed by atoms with Gasteiger partial charge in [0.1, 0.15) is 5.52 Å². The third-order valence-electron chi connectivity index (χ3n) is 2.40. The summed E-state index contributed by atoms with van der Waals surface area (Å²) < 4.78 is 3.79. The zero-order valence-electron chi connectivity index (χ0n) is 10.3. The van der Waals surface area contributed by atoms with E-state index in [4.69, 9.17) is 11.6 Å². The van der Waals surface area contributed by atoms with E-state index >= 15 is 0 Å². The maximum atomic E-state index is 5.93. The highest BCUT2D eigenvalue weighted by Crippen LogP contribution is 2.16. The van der Waals surface area contributed by atoms with E-state index in [1.165, 1.54) is 0 Å². The number of fused-ring (bicyclic) bond motifs is 1. The third-order valence-corrected chi connectivity index (χ3v) is 2.63. The predicted molar refractivity (Wildman–Crippen MR) is 68.7 cm³/mol. The van der Waals surface area contributed by atoms with Gasteiger partial charge in [0.05, 0.1) is 28.2 Å². The normalized spacial score (nSPS) is 10.6. The second-order valence-corrected chi connectivity index (χ2v) is 4.66. The minimum atomic E-state index is 0.667. The zero-order valence-corrected chi connectivity index (χ0v) is 11.1. The van der Waals surface area contributed by atoms with Gasteiger partial charge >= 0.3 is 5.96 Å². The molecule has 0 aliphatic rings. The van der Waals surface area contributed by atoms with Gasteiger partial charge in [0.25, 0.3) is 0 Å².